The summed E-state index contributed by atoms with van der Waals surface area (Å²) in [6, 6.07) is 9.31. The van der Waals surface area contributed by atoms with Gasteiger partial charge in [-0.3, -0.25) is 20.0 Å². The zero-order chi connectivity index (χ0) is 26.4. The second kappa shape index (κ2) is 10.3. The van der Waals surface area contributed by atoms with E-state index in [0.717, 1.165) is 30.5 Å². The van der Waals surface area contributed by atoms with E-state index in [9.17, 15) is 9.59 Å². The molecule has 10 heteroatoms. The summed E-state index contributed by atoms with van der Waals surface area (Å²) in [4.78, 5) is 31.5. The fourth-order valence-corrected chi connectivity index (χ4v) is 8.67. The number of thiocarbonyl (C=S) groups is 1. The Kier molecular flexibility index (Phi) is 6.98. The molecule has 4 aliphatic carbocycles. The van der Waals surface area contributed by atoms with Crippen LogP contribution in [0, 0.1) is 23.2 Å². The molecule has 0 atom stereocenters. The molecule has 5 fully saturated rings. The van der Waals surface area contributed by atoms with Crippen LogP contribution in [0.4, 0.5) is 0 Å². The lowest BCUT2D eigenvalue weighted by Crippen LogP contribution is -2.57. The maximum absolute atomic E-state index is 13.5. The zero-order valence-corrected chi connectivity index (χ0v) is 24.2. The van der Waals surface area contributed by atoms with Crippen molar-refractivity contribution < 1.29 is 19.1 Å². The Bertz CT molecular complexity index is 1300. The fourth-order valence-electron chi connectivity index (χ4n) is 6.92. The Morgan fingerprint density at radius 1 is 1.24 bits per heavy atom. The first kappa shape index (κ1) is 25.8. The zero-order valence-electron chi connectivity index (χ0n) is 20.9. The molecule has 1 aromatic heterocycles. The third-order valence-electron chi connectivity index (χ3n) is 8.17. The Hall–Kier alpha value is -2.43. The van der Waals surface area contributed by atoms with Crippen LogP contribution in [0.15, 0.2) is 45.9 Å². The summed E-state index contributed by atoms with van der Waals surface area (Å²) in [7, 11) is 1.57. The molecule has 1 aromatic carbocycles. The van der Waals surface area contributed by atoms with Gasteiger partial charge in [0.25, 0.3) is 5.91 Å². The number of ether oxygens (including phenoxy) is 2. The number of rotatable bonds is 7. The van der Waals surface area contributed by atoms with Gasteiger partial charge in [-0.15, -0.1) is 0 Å². The Labute approximate surface area is 239 Å². The van der Waals surface area contributed by atoms with Gasteiger partial charge in [-0.1, -0.05) is 17.8 Å². The highest BCUT2D eigenvalue weighted by atomic mass is 79.9. The topological polar surface area (TPSA) is 80.8 Å². The van der Waals surface area contributed by atoms with Gasteiger partial charge in [-0.25, -0.2) is 0 Å². The van der Waals surface area contributed by atoms with Gasteiger partial charge in [0.2, 0.25) is 5.91 Å². The minimum atomic E-state index is -0.356. The first-order chi connectivity index (χ1) is 18.3. The number of aromatic nitrogens is 1. The molecule has 1 aliphatic heterocycles. The van der Waals surface area contributed by atoms with Gasteiger partial charge in [0.15, 0.2) is 15.8 Å². The van der Waals surface area contributed by atoms with Crippen molar-refractivity contribution in [3.05, 3.63) is 57.2 Å². The number of hydrazine groups is 1. The van der Waals surface area contributed by atoms with Crippen molar-refractivity contribution in [3.63, 3.8) is 0 Å². The summed E-state index contributed by atoms with van der Waals surface area (Å²) in [5, 5.41) is 1.25. The van der Waals surface area contributed by atoms with E-state index in [-0.39, 0.29) is 23.8 Å². The normalized spacial score (nSPS) is 28.7. The quantitative estimate of drug-likeness (QED) is 0.308. The molecule has 2 amide bonds. The number of carbonyl (C=O) groups is 2. The number of nitrogens with one attached hydrogen (secondary N) is 1. The molecule has 198 valence electrons. The van der Waals surface area contributed by atoms with Crippen molar-refractivity contribution in [2.45, 2.75) is 45.1 Å². The van der Waals surface area contributed by atoms with E-state index in [2.05, 4.69) is 26.3 Å². The highest BCUT2D eigenvalue weighted by Gasteiger charge is 2.55. The molecular formula is C28H28BrN3O4S2. The first-order valence-electron chi connectivity index (χ1n) is 12.8. The largest absolute Gasteiger partial charge is 0.493 e. The maximum Gasteiger partial charge on any atom is 0.285 e. The standard InChI is InChI=1S/C28H28BrN3O4S2/c1-35-22-10-16(9-21(29)24(22)36-15-20-4-2-3-5-30-20)11-23-25(33)32(27(37)38-23)31-26(34)28-12-17-6-18(13-28)8-19(7-17)14-28/h2-5,9-11,17-19H,6-8,12-15H2,1H3,(H,31,34)/b23-11+. The summed E-state index contributed by atoms with van der Waals surface area (Å²) in [6.07, 6.45) is 10.0. The summed E-state index contributed by atoms with van der Waals surface area (Å²) in [6.45, 7) is 0.289. The van der Waals surface area contributed by atoms with E-state index in [4.69, 9.17) is 21.7 Å². The molecule has 4 saturated carbocycles. The number of methoxy groups -OCH3 is 1. The minimum Gasteiger partial charge on any atom is -0.493 e. The second-order valence-corrected chi connectivity index (χ2v) is 13.3. The van der Waals surface area contributed by atoms with Crippen LogP contribution in [-0.2, 0) is 16.2 Å². The molecule has 2 heterocycles. The number of halogens is 1. The summed E-state index contributed by atoms with van der Waals surface area (Å²) >= 11 is 10.3. The molecule has 7 rings (SSSR count). The van der Waals surface area contributed by atoms with Crippen LogP contribution in [0.5, 0.6) is 11.5 Å². The van der Waals surface area contributed by atoms with E-state index >= 15 is 0 Å². The monoisotopic (exact) mass is 613 g/mol. The molecule has 38 heavy (non-hydrogen) atoms. The van der Waals surface area contributed by atoms with Crippen LogP contribution in [0.3, 0.4) is 0 Å². The number of carbonyl (C=O) groups excluding carboxylic acids is 2. The maximum atomic E-state index is 13.5. The number of hydrogen-bond acceptors (Lipinski definition) is 7. The first-order valence-corrected chi connectivity index (χ1v) is 14.8. The summed E-state index contributed by atoms with van der Waals surface area (Å²) in [5.41, 5.74) is 4.09. The third kappa shape index (κ3) is 4.86. The van der Waals surface area contributed by atoms with Crippen molar-refractivity contribution >= 4 is 62.1 Å². The fraction of sp³-hybridized carbons (Fsp3) is 0.429. The smallest absolute Gasteiger partial charge is 0.285 e. The van der Waals surface area contributed by atoms with Crippen LogP contribution < -0.4 is 14.9 Å². The van der Waals surface area contributed by atoms with Gasteiger partial charge in [0.05, 0.1) is 27.6 Å². The average Bonchev–Trinajstić information content (AvgIpc) is 3.14. The molecule has 1 N–H and O–H groups in total. The van der Waals surface area contributed by atoms with Gasteiger partial charge >= 0.3 is 0 Å². The van der Waals surface area contributed by atoms with Gasteiger partial charge in [-0.2, -0.15) is 5.01 Å². The second-order valence-electron chi connectivity index (χ2n) is 10.8. The number of hydrogen-bond donors (Lipinski definition) is 1. The number of amides is 2. The Morgan fingerprint density at radius 3 is 2.58 bits per heavy atom. The highest BCUT2D eigenvalue weighted by molar-refractivity contribution is 9.10. The molecule has 0 unspecified atom stereocenters. The van der Waals surface area contributed by atoms with Crippen LogP contribution in [-0.4, -0.2) is 33.2 Å². The molecule has 2 aromatic rings. The Morgan fingerprint density at radius 2 is 1.95 bits per heavy atom. The van der Waals surface area contributed by atoms with Crippen LogP contribution in [0.2, 0.25) is 0 Å². The van der Waals surface area contributed by atoms with Gasteiger partial charge in [-0.05, 0) is 120 Å². The molecule has 0 spiro atoms. The van der Waals surface area contributed by atoms with E-state index in [1.54, 1.807) is 25.4 Å². The molecular weight excluding hydrogens is 586 g/mol. The minimum absolute atomic E-state index is 0.0482. The number of nitrogens with zero attached hydrogens (tertiary/aromatic N) is 2. The summed E-state index contributed by atoms with van der Waals surface area (Å²) < 4.78 is 12.6. The summed E-state index contributed by atoms with van der Waals surface area (Å²) in [5.74, 6) is 2.63. The molecule has 1 saturated heterocycles. The number of thioether (sulfide) groups is 1. The number of pyridine rings is 1. The predicted molar refractivity (Wildman–Crippen MR) is 153 cm³/mol. The van der Waals surface area contributed by atoms with Crippen molar-refractivity contribution in [1.82, 2.24) is 15.4 Å². The van der Waals surface area contributed by atoms with Crippen molar-refractivity contribution in [3.8, 4) is 11.5 Å². The van der Waals surface area contributed by atoms with Gasteiger partial charge in [0.1, 0.15) is 6.61 Å². The predicted octanol–water partition coefficient (Wildman–Crippen LogP) is 5.88. The van der Waals surface area contributed by atoms with E-state index < -0.39 is 0 Å². The van der Waals surface area contributed by atoms with E-state index in [1.165, 1.54) is 36.0 Å². The van der Waals surface area contributed by atoms with Crippen LogP contribution in [0.1, 0.15) is 49.8 Å². The van der Waals surface area contributed by atoms with E-state index in [1.807, 2.05) is 24.3 Å². The lowest BCUT2D eigenvalue weighted by atomic mass is 9.49. The van der Waals surface area contributed by atoms with Crippen molar-refractivity contribution in [2.24, 2.45) is 23.2 Å². The van der Waals surface area contributed by atoms with Crippen molar-refractivity contribution in [2.75, 3.05) is 7.11 Å². The van der Waals surface area contributed by atoms with Gasteiger partial charge < -0.3 is 9.47 Å². The van der Waals surface area contributed by atoms with Gasteiger partial charge in [0, 0.05) is 6.20 Å². The molecule has 7 nitrogen and oxygen atoms in total. The average molecular weight is 615 g/mol. The SMILES string of the molecule is COc1cc(/C=C2/SC(=S)N(NC(=O)C34CC5CC(CC(C5)C3)C4)C2=O)cc(Br)c1OCc1ccccn1. The van der Waals surface area contributed by atoms with Crippen LogP contribution >= 0.6 is 39.9 Å². The van der Waals surface area contributed by atoms with Crippen LogP contribution in [0.25, 0.3) is 6.08 Å². The van der Waals surface area contributed by atoms with E-state index in [0.29, 0.717) is 43.0 Å². The van der Waals surface area contributed by atoms with Crippen molar-refractivity contribution in [1.29, 1.82) is 0 Å². The molecule has 4 bridgehead atoms. The lowest BCUT2D eigenvalue weighted by Gasteiger charge is -2.55. The lowest BCUT2D eigenvalue weighted by molar-refractivity contribution is -0.152. The third-order valence-corrected chi connectivity index (χ3v) is 10.1. The Balaban J connectivity index is 1.17. The highest BCUT2D eigenvalue weighted by Crippen LogP contribution is 2.60. The number of benzene rings is 1. The molecule has 5 aliphatic rings. The molecule has 0 radical (unpaired) electrons.